The number of fused-ring (bicyclic) bond motifs is 1. The summed E-state index contributed by atoms with van der Waals surface area (Å²) in [6.45, 7) is 0.373. The Hall–Kier alpha value is -1.74. The van der Waals surface area contributed by atoms with Crippen LogP contribution in [0.5, 0.6) is 11.5 Å². The molecular weight excluding hydrogens is 228 g/mol. The number of methoxy groups -OCH3 is 1. The lowest BCUT2D eigenvalue weighted by molar-refractivity contribution is -0.120. The molecule has 0 amide bonds. The van der Waals surface area contributed by atoms with Crippen LogP contribution in [0, 0.1) is 0 Å². The molecule has 0 saturated carbocycles. The van der Waals surface area contributed by atoms with E-state index in [0.717, 1.165) is 10.8 Å². The third-order valence-corrected chi connectivity index (χ3v) is 2.61. The Morgan fingerprint density at radius 3 is 2.56 bits per heavy atom. The van der Waals surface area contributed by atoms with Crippen molar-refractivity contribution in [1.29, 1.82) is 0 Å². The van der Waals surface area contributed by atoms with Gasteiger partial charge in [0.15, 0.2) is 11.5 Å². The lowest BCUT2D eigenvalue weighted by Crippen LogP contribution is -1.95. The average molecular weight is 237 g/mol. The molecule has 0 aromatic heterocycles. The Kier molecular flexibility index (Phi) is 2.97. The first-order chi connectivity index (χ1) is 7.77. The lowest BCUT2D eigenvalue weighted by atomic mass is 10.1. The first-order valence-electron chi connectivity index (χ1n) is 4.63. The zero-order chi connectivity index (χ0) is 11.5. The highest BCUT2D eigenvalue weighted by atomic mass is 35.5. The number of carbonyl (C=O) groups excluding carboxylic acids is 1. The highest BCUT2D eigenvalue weighted by Gasteiger charge is 2.12. The van der Waals surface area contributed by atoms with Crippen molar-refractivity contribution in [3.8, 4) is 11.5 Å². The topological polar surface area (TPSA) is 35.5 Å². The van der Waals surface area contributed by atoms with Gasteiger partial charge in [-0.25, -0.2) is 0 Å². The van der Waals surface area contributed by atoms with Gasteiger partial charge in [-0.15, -0.1) is 0 Å². The minimum atomic E-state index is 0.373. The van der Waals surface area contributed by atoms with E-state index < -0.39 is 0 Å². The molecule has 82 valence electrons. The van der Waals surface area contributed by atoms with Crippen LogP contribution in [0.3, 0.4) is 0 Å². The summed E-state index contributed by atoms with van der Waals surface area (Å²) in [5.41, 5.74) is 0. The molecule has 0 atom stereocenters. The quantitative estimate of drug-likeness (QED) is 0.769. The summed E-state index contributed by atoms with van der Waals surface area (Å²) in [5, 5.41) is 2.13. The van der Waals surface area contributed by atoms with E-state index in [1.165, 1.54) is 7.11 Å². The van der Waals surface area contributed by atoms with Gasteiger partial charge in [0.05, 0.1) is 12.1 Å². The van der Waals surface area contributed by atoms with Crippen molar-refractivity contribution in [3.63, 3.8) is 0 Å². The smallest absolute Gasteiger partial charge is 0.298 e. The second kappa shape index (κ2) is 4.41. The Bertz CT molecular complexity index is 537. The van der Waals surface area contributed by atoms with Gasteiger partial charge in [0.2, 0.25) is 0 Å². The molecule has 0 unspecified atom stereocenters. The maximum absolute atomic E-state index is 10.5. The van der Waals surface area contributed by atoms with Gasteiger partial charge in [0.1, 0.15) is 0 Å². The molecule has 0 N–H and O–H groups in total. The molecule has 2 rings (SSSR count). The molecule has 0 radical (unpaired) electrons. The van der Waals surface area contributed by atoms with Crippen LogP contribution >= 0.6 is 11.6 Å². The fourth-order valence-electron chi connectivity index (χ4n) is 1.60. The van der Waals surface area contributed by atoms with Gasteiger partial charge < -0.3 is 9.47 Å². The van der Waals surface area contributed by atoms with Crippen LogP contribution in [0.25, 0.3) is 10.8 Å². The van der Waals surface area contributed by atoms with E-state index in [1.54, 1.807) is 6.07 Å². The summed E-state index contributed by atoms with van der Waals surface area (Å²) >= 11 is 6.09. The number of hydrogen-bond donors (Lipinski definition) is 0. The van der Waals surface area contributed by atoms with Crippen molar-refractivity contribution >= 4 is 28.8 Å². The van der Waals surface area contributed by atoms with E-state index in [-0.39, 0.29) is 0 Å². The largest absolute Gasteiger partial charge is 0.493 e. The molecule has 4 heteroatoms. The Morgan fingerprint density at radius 2 is 1.94 bits per heavy atom. The summed E-state index contributed by atoms with van der Waals surface area (Å²) in [6, 6.07) is 9.02. The van der Waals surface area contributed by atoms with Gasteiger partial charge in [-0.2, -0.15) is 0 Å². The van der Waals surface area contributed by atoms with Crippen LogP contribution in [0.2, 0.25) is 5.02 Å². The number of ether oxygens (including phenoxy) is 2. The molecule has 0 heterocycles. The van der Waals surface area contributed by atoms with Gasteiger partial charge in [0, 0.05) is 16.8 Å². The summed E-state index contributed by atoms with van der Waals surface area (Å²) in [4.78, 5) is 10.5. The molecule has 0 aliphatic rings. The molecule has 2 aromatic rings. The van der Waals surface area contributed by atoms with E-state index in [9.17, 15) is 4.79 Å². The minimum absolute atomic E-state index is 0.373. The van der Waals surface area contributed by atoms with Crippen LogP contribution in [0.1, 0.15) is 0 Å². The highest BCUT2D eigenvalue weighted by Crippen LogP contribution is 2.39. The van der Waals surface area contributed by atoms with Gasteiger partial charge >= 0.3 is 0 Å². The Balaban J connectivity index is 2.81. The van der Waals surface area contributed by atoms with Gasteiger partial charge in [-0.05, 0) is 0 Å². The summed E-state index contributed by atoms with van der Waals surface area (Å²) in [7, 11) is 1.50. The normalized spacial score (nSPS) is 10.1. The molecule has 3 nitrogen and oxygen atoms in total. The fourth-order valence-corrected chi connectivity index (χ4v) is 1.87. The average Bonchev–Trinajstić information content (AvgIpc) is 2.33. The van der Waals surface area contributed by atoms with Crippen molar-refractivity contribution in [2.24, 2.45) is 0 Å². The molecule has 16 heavy (non-hydrogen) atoms. The van der Waals surface area contributed by atoms with Crippen molar-refractivity contribution in [2.45, 2.75) is 0 Å². The van der Waals surface area contributed by atoms with E-state index >= 15 is 0 Å². The molecule has 0 saturated heterocycles. The van der Waals surface area contributed by atoms with Crippen molar-refractivity contribution < 1.29 is 14.3 Å². The summed E-state index contributed by atoms with van der Waals surface area (Å²) in [5.74, 6) is 0.827. The van der Waals surface area contributed by atoms with Crippen LogP contribution < -0.4 is 9.47 Å². The van der Waals surface area contributed by atoms with E-state index in [2.05, 4.69) is 0 Å². The molecular formula is C12H9ClO3. The number of rotatable bonds is 3. The second-order valence-electron chi connectivity index (χ2n) is 3.15. The van der Waals surface area contributed by atoms with Crippen LogP contribution in [0.4, 0.5) is 0 Å². The number of carbonyl (C=O) groups is 1. The zero-order valence-corrected chi connectivity index (χ0v) is 9.32. The predicted molar refractivity (Wildman–Crippen MR) is 62.2 cm³/mol. The Labute approximate surface area is 97.5 Å². The van der Waals surface area contributed by atoms with Gasteiger partial charge in [-0.3, -0.25) is 4.79 Å². The first kappa shape index (κ1) is 10.8. The minimum Gasteiger partial charge on any atom is -0.493 e. The number of halogens is 1. The van der Waals surface area contributed by atoms with E-state index in [4.69, 9.17) is 21.1 Å². The van der Waals surface area contributed by atoms with Crippen LogP contribution in [0.15, 0.2) is 30.3 Å². The number of benzene rings is 2. The van der Waals surface area contributed by atoms with Crippen LogP contribution in [-0.2, 0) is 4.79 Å². The SMILES string of the molecule is COc1cc(Cl)c2ccccc2c1OC=O. The molecule has 0 bridgehead atoms. The van der Waals surface area contributed by atoms with Crippen LogP contribution in [-0.4, -0.2) is 13.6 Å². The molecule has 0 aliphatic carbocycles. The zero-order valence-electron chi connectivity index (χ0n) is 8.57. The summed E-state index contributed by atoms with van der Waals surface area (Å²) in [6.07, 6.45) is 0. The third-order valence-electron chi connectivity index (χ3n) is 2.30. The van der Waals surface area contributed by atoms with Crippen molar-refractivity contribution in [3.05, 3.63) is 35.4 Å². The summed E-state index contributed by atoms with van der Waals surface area (Å²) < 4.78 is 10.1. The third kappa shape index (κ3) is 1.70. The van der Waals surface area contributed by atoms with Gasteiger partial charge in [0.25, 0.3) is 6.47 Å². The first-order valence-corrected chi connectivity index (χ1v) is 5.01. The maximum Gasteiger partial charge on any atom is 0.298 e. The molecule has 0 aliphatic heterocycles. The second-order valence-corrected chi connectivity index (χ2v) is 3.56. The maximum atomic E-state index is 10.5. The standard InChI is InChI=1S/C12H9ClO3/c1-15-11-6-10(13)8-4-2-3-5-9(8)12(11)16-7-14/h2-7H,1H3. The van der Waals surface area contributed by atoms with E-state index in [1.807, 2.05) is 24.3 Å². The predicted octanol–water partition coefficient (Wildman–Crippen LogP) is 3.04. The van der Waals surface area contributed by atoms with E-state index in [0.29, 0.717) is 23.0 Å². The lowest BCUT2D eigenvalue weighted by Gasteiger charge is -2.10. The highest BCUT2D eigenvalue weighted by molar-refractivity contribution is 6.36. The Morgan fingerprint density at radius 1 is 1.25 bits per heavy atom. The van der Waals surface area contributed by atoms with Crippen molar-refractivity contribution in [2.75, 3.05) is 7.11 Å². The molecule has 2 aromatic carbocycles. The fraction of sp³-hybridized carbons (Fsp3) is 0.0833. The monoisotopic (exact) mass is 236 g/mol. The molecule has 0 spiro atoms. The van der Waals surface area contributed by atoms with Gasteiger partial charge in [-0.1, -0.05) is 35.9 Å². The van der Waals surface area contributed by atoms with Crippen molar-refractivity contribution in [1.82, 2.24) is 0 Å². The molecule has 0 fully saturated rings. The number of hydrogen-bond acceptors (Lipinski definition) is 3.